The molecule has 0 saturated carbocycles. The van der Waals surface area contributed by atoms with E-state index in [-0.39, 0.29) is 21.3 Å². The molecule has 4 rings (SSSR count). The first-order chi connectivity index (χ1) is 15.7. The van der Waals surface area contributed by atoms with Gasteiger partial charge in [-0.05, 0) is 42.0 Å². The van der Waals surface area contributed by atoms with Gasteiger partial charge in [0.2, 0.25) is 0 Å². The molecule has 1 N–H and O–H groups in total. The molecule has 0 bridgehead atoms. The maximum Gasteiger partial charge on any atom is 0.435 e. The summed E-state index contributed by atoms with van der Waals surface area (Å²) in [5.41, 5.74) is -0.302. The summed E-state index contributed by atoms with van der Waals surface area (Å²) in [4.78, 5) is 9.32. The number of hydrogen-bond donors (Lipinski definition) is 1. The Morgan fingerprint density at radius 1 is 1.03 bits per heavy atom. The molecule has 0 radical (unpaired) electrons. The Morgan fingerprint density at radius 3 is 2.42 bits per heavy atom. The van der Waals surface area contributed by atoms with Gasteiger partial charge in [0.05, 0.1) is 11.4 Å². The van der Waals surface area contributed by atoms with Crippen LogP contribution < -0.4 is 5.32 Å². The molecule has 33 heavy (non-hydrogen) atoms. The zero-order chi connectivity index (χ0) is 23.6. The van der Waals surface area contributed by atoms with E-state index in [1.807, 2.05) is 24.3 Å². The molecule has 4 nitrogen and oxygen atoms in total. The van der Waals surface area contributed by atoms with Crippen molar-refractivity contribution in [2.45, 2.75) is 31.3 Å². The minimum absolute atomic E-state index is 0.0866. The fraction of sp³-hybridized carbons (Fsp3) is 0.217. The maximum atomic E-state index is 14.2. The van der Waals surface area contributed by atoms with Crippen LogP contribution in [0.2, 0.25) is 10.0 Å². The Bertz CT molecular complexity index is 1170. The van der Waals surface area contributed by atoms with Crippen LogP contribution in [0.4, 0.5) is 13.2 Å². The fourth-order valence-electron chi connectivity index (χ4n) is 3.54. The third kappa shape index (κ3) is 5.19. The highest BCUT2D eigenvalue weighted by atomic mass is 79.9. The first kappa shape index (κ1) is 24.0. The summed E-state index contributed by atoms with van der Waals surface area (Å²) in [6, 6.07) is 14.7. The standard InChI is InChI=1S/C23H17BrCl2F3N3O/c24-20-7-14(4-5-15(20)12-30-13-19-3-1-2-6-31-19)21-11-22(33-32-21,23(27,28)29)16-8-17(25)10-18(26)9-16/h1-10,30H,11-13H2. The van der Waals surface area contributed by atoms with Gasteiger partial charge in [-0.2, -0.15) is 13.2 Å². The first-order valence-corrected chi connectivity index (χ1v) is 11.4. The second-order valence-corrected chi connectivity index (χ2v) is 9.25. The molecule has 1 aromatic heterocycles. The molecule has 2 aromatic carbocycles. The number of pyridine rings is 1. The monoisotopic (exact) mass is 557 g/mol. The van der Waals surface area contributed by atoms with Crippen LogP contribution in [-0.2, 0) is 23.5 Å². The number of aromatic nitrogens is 1. The Hall–Kier alpha value is -2.13. The van der Waals surface area contributed by atoms with Gasteiger partial charge in [-0.1, -0.05) is 62.5 Å². The van der Waals surface area contributed by atoms with Crippen molar-refractivity contribution < 1.29 is 18.0 Å². The number of hydrogen-bond acceptors (Lipinski definition) is 4. The summed E-state index contributed by atoms with van der Waals surface area (Å²) < 4.78 is 43.3. The molecule has 0 spiro atoms. The van der Waals surface area contributed by atoms with E-state index >= 15 is 0 Å². The highest BCUT2D eigenvalue weighted by Gasteiger charge is 2.62. The number of alkyl halides is 3. The van der Waals surface area contributed by atoms with Crippen molar-refractivity contribution in [3.63, 3.8) is 0 Å². The Balaban J connectivity index is 1.52. The van der Waals surface area contributed by atoms with Gasteiger partial charge in [0.25, 0.3) is 5.60 Å². The van der Waals surface area contributed by atoms with Gasteiger partial charge in [-0.3, -0.25) is 4.98 Å². The molecule has 10 heteroatoms. The van der Waals surface area contributed by atoms with E-state index in [1.54, 1.807) is 18.3 Å². The smallest absolute Gasteiger partial charge is 0.374 e. The van der Waals surface area contributed by atoms with Gasteiger partial charge in [-0.25, -0.2) is 0 Å². The van der Waals surface area contributed by atoms with Gasteiger partial charge >= 0.3 is 6.18 Å². The Kier molecular flexibility index (Phi) is 7.00. The highest BCUT2D eigenvalue weighted by molar-refractivity contribution is 9.10. The van der Waals surface area contributed by atoms with Crippen LogP contribution in [0.3, 0.4) is 0 Å². The number of nitrogens with zero attached hydrogens (tertiary/aromatic N) is 2. The molecule has 1 unspecified atom stereocenters. The van der Waals surface area contributed by atoms with Crippen molar-refractivity contribution in [2.75, 3.05) is 0 Å². The van der Waals surface area contributed by atoms with E-state index in [0.717, 1.165) is 15.7 Å². The number of oxime groups is 1. The van der Waals surface area contributed by atoms with Gasteiger partial charge in [0.1, 0.15) is 0 Å². The zero-order valence-electron chi connectivity index (χ0n) is 17.0. The first-order valence-electron chi connectivity index (χ1n) is 9.86. The second kappa shape index (κ2) is 9.62. The van der Waals surface area contributed by atoms with Crippen molar-refractivity contribution in [2.24, 2.45) is 5.16 Å². The predicted molar refractivity (Wildman–Crippen MR) is 125 cm³/mol. The largest absolute Gasteiger partial charge is 0.435 e. The lowest BCUT2D eigenvalue weighted by molar-refractivity contribution is -0.275. The van der Waals surface area contributed by atoms with Crippen molar-refractivity contribution in [1.82, 2.24) is 10.3 Å². The minimum Gasteiger partial charge on any atom is -0.374 e. The van der Waals surface area contributed by atoms with Gasteiger partial charge in [0, 0.05) is 51.4 Å². The van der Waals surface area contributed by atoms with E-state index in [1.165, 1.54) is 18.2 Å². The van der Waals surface area contributed by atoms with Crippen LogP contribution in [0.25, 0.3) is 0 Å². The summed E-state index contributed by atoms with van der Waals surface area (Å²) in [5, 5.41) is 7.26. The number of benzene rings is 2. The molecule has 1 atom stereocenters. The number of halogens is 6. The second-order valence-electron chi connectivity index (χ2n) is 7.52. The fourth-order valence-corrected chi connectivity index (χ4v) is 4.59. The van der Waals surface area contributed by atoms with E-state index in [0.29, 0.717) is 18.7 Å². The summed E-state index contributed by atoms with van der Waals surface area (Å²) in [5.74, 6) is 0. The van der Waals surface area contributed by atoms with Crippen molar-refractivity contribution in [3.8, 4) is 0 Å². The molecule has 0 fully saturated rings. The summed E-state index contributed by atoms with van der Waals surface area (Å²) >= 11 is 15.4. The average Bonchev–Trinajstić information content (AvgIpc) is 3.22. The molecule has 1 aliphatic rings. The molecule has 0 aliphatic carbocycles. The lowest BCUT2D eigenvalue weighted by Crippen LogP contribution is -2.42. The number of nitrogens with one attached hydrogen (secondary N) is 1. The van der Waals surface area contributed by atoms with Crippen LogP contribution in [-0.4, -0.2) is 16.9 Å². The lowest BCUT2D eigenvalue weighted by Gasteiger charge is -2.29. The third-order valence-electron chi connectivity index (χ3n) is 5.25. The van der Waals surface area contributed by atoms with Gasteiger partial charge in [0.15, 0.2) is 0 Å². The molecule has 172 valence electrons. The lowest BCUT2D eigenvalue weighted by atomic mass is 9.86. The summed E-state index contributed by atoms with van der Waals surface area (Å²) in [6.45, 7) is 1.14. The molecule has 1 aliphatic heterocycles. The van der Waals surface area contributed by atoms with E-state index in [9.17, 15) is 13.2 Å². The molecular weight excluding hydrogens is 542 g/mol. The van der Waals surface area contributed by atoms with Crippen molar-refractivity contribution >= 4 is 44.8 Å². The summed E-state index contributed by atoms with van der Waals surface area (Å²) in [7, 11) is 0. The SMILES string of the molecule is FC(F)(F)C1(c2cc(Cl)cc(Cl)c2)CC(c2ccc(CNCc3ccccn3)c(Br)c2)=NO1. The normalized spacial score (nSPS) is 18.2. The molecule has 3 aromatic rings. The van der Waals surface area contributed by atoms with Crippen LogP contribution in [0.15, 0.2) is 70.4 Å². The Labute approximate surface area is 206 Å². The van der Waals surface area contributed by atoms with Crippen LogP contribution >= 0.6 is 39.1 Å². The minimum atomic E-state index is -4.74. The highest BCUT2D eigenvalue weighted by Crippen LogP contribution is 2.49. The molecular formula is C23H17BrCl2F3N3O. The van der Waals surface area contributed by atoms with Crippen molar-refractivity contribution in [1.29, 1.82) is 0 Å². The number of rotatable bonds is 6. The van der Waals surface area contributed by atoms with Crippen LogP contribution in [0, 0.1) is 0 Å². The average molecular weight is 559 g/mol. The zero-order valence-corrected chi connectivity index (χ0v) is 20.1. The van der Waals surface area contributed by atoms with E-state index in [4.69, 9.17) is 28.0 Å². The predicted octanol–water partition coefficient (Wildman–Crippen LogP) is 7.02. The third-order valence-corrected chi connectivity index (χ3v) is 6.42. The molecule has 0 amide bonds. The van der Waals surface area contributed by atoms with Crippen LogP contribution in [0.5, 0.6) is 0 Å². The van der Waals surface area contributed by atoms with Crippen molar-refractivity contribution in [3.05, 3.63) is 97.7 Å². The van der Waals surface area contributed by atoms with Crippen LogP contribution in [0.1, 0.15) is 28.8 Å². The van der Waals surface area contributed by atoms with Gasteiger partial charge < -0.3 is 10.2 Å². The topological polar surface area (TPSA) is 46.5 Å². The molecule has 2 heterocycles. The van der Waals surface area contributed by atoms with E-state index in [2.05, 4.69) is 31.4 Å². The maximum absolute atomic E-state index is 14.2. The summed E-state index contributed by atoms with van der Waals surface area (Å²) in [6.07, 6.45) is -3.51. The Morgan fingerprint density at radius 2 is 1.79 bits per heavy atom. The molecule has 0 saturated heterocycles. The van der Waals surface area contributed by atoms with Gasteiger partial charge in [-0.15, -0.1) is 0 Å². The van der Waals surface area contributed by atoms with E-state index < -0.39 is 18.2 Å². The quantitative estimate of drug-likeness (QED) is 0.353.